The summed E-state index contributed by atoms with van der Waals surface area (Å²) in [5.41, 5.74) is 3.63. The van der Waals surface area contributed by atoms with Crippen LogP contribution in [0.2, 0.25) is 0 Å². The first-order valence-corrected chi connectivity index (χ1v) is 17.7. The van der Waals surface area contributed by atoms with Gasteiger partial charge in [0.15, 0.2) is 11.5 Å². The predicted molar refractivity (Wildman–Crippen MR) is 206 cm³/mol. The largest absolute Gasteiger partial charge is 0.492 e. The van der Waals surface area contributed by atoms with Gasteiger partial charge in [0, 0.05) is 35.5 Å². The summed E-state index contributed by atoms with van der Waals surface area (Å²) in [5.74, 6) is -0.0666. The van der Waals surface area contributed by atoms with Gasteiger partial charge in [0.05, 0.1) is 20.1 Å². The Balaban J connectivity index is 0.00000605. The van der Waals surface area contributed by atoms with Gasteiger partial charge in [-0.3, -0.25) is 9.59 Å². The number of fused-ring (bicyclic) bond motifs is 1. The molecule has 8 nitrogen and oxygen atoms in total. The van der Waals surface area contributed by atoms with Crippen LogP contribution in [0.3, 0.4) is 0 Å². The Morgan fingerprint density at radius 1 is 0.885 bits per heavy atom. The van der Waals surface area contributed by atoms with Crippen LogP contribution >= 0.6 is 12.4 Å². The van der Waals surface area contributed by atoms with Crippen LogP contribution in [0.5, 0.6) is 11.5 Å². The molecule has 0 bridgehead atoms. The zero-order valence-electron chi connectivity index (χ0n) is 30.5. The van der Waals surface area contributed by atoms with Crippen molar-refractivity contribution in [3.8, 4) is 11.5 Å². The second kappa shape index (κ2) is 19.4. The van der Waals surface area contributed by atoms with Gasteiger partial charge in [-0.05, 0) is 61.5 Å². The average molecular weight is 732 g/mol. The molecule has 2 N–H and O–H groups in total. The highest BCUT2D eigenvalue weighted by molar-refractivity contribution is 6.00. The SMILES string of the molecule is COc1c(OCCCNCCCc2ccccc2)cccc1[C@H]1O[C@H](CC(=O)NCc2ccccc2F)C(=O)N(CC(C)(C)C)c2ccccc21.Cl. The van der Waals surface area contributed by atoms with E-state index in [-0.39, 0.29) is 36.7 Å². The van der Waals surface area contributed by atoms with Crippen molar-refractivity contribution in [2.75, 3.05) is 38.3 Å². The number of hydrogen-bond donors (Lipinski definition) is 2. The molecule has 0 fully saturated rings. The van der Waals surface area contributed by atoms with E-state index >= 15 is 0 Å². The quantitative estimate of drug-likeness (QED) is 0.114. The molecule has 5 rings (SSSR count). The molecule has 0 radical (unpaired) electrons. The van der Waals surface area contributed by atoms with Crippen LogP contribution < -0.4 is 25.0 Å². The van der Waals surface area contributed by atoms with E-state index in [1.807, 2.05) is 48.5 Å². The Morgan fingerprint density at radius 3 is 2.33 bits per heavy atom. The summed E-state index contributed by atoms with van der Waals surface area (Å²) >= 11 is 0. The predicted octanol–water partition coefficient (Wildman–Crippen LogP) is 7.82. The number of benzene rings is 4. The Morgan fingerprint density at radius 2 is 1.58 bits per heavy atom. The summed E-state index contributed by atoms with van der Waals surface area (Å²) in [6.07, 6.45) is 0.807. The summed E-state index contributed by atoms with van der Waals surface area (Å²) in [6, 6.07) is 30.1. The number of carbonyl (C=O) groups is 2. The van der Waals surface area contributed by atoms with Gasteiger partial charge in [0.1, 0.15) is 18.0 Å². The molecule has 52 heavy (non-hydrogen) atoms. The van der Waals surface area contributed by atoms with Crippen molar-refractivity contribution in [1.29, 1.82) is 0 Å². The van der Waals surface area contributed by atoms with E-state index in [9.17, 15) is 14.0 Å². The molecule has 0 saturated carbocycles. The second-order valence-electron chi connectivity index (χ2n) is 14.0. The molecule has 2 atom stereocenters. The molecule has 10 heteroatoms. The van der Waals surface area contributed by atoms with Crippen molar-refractivity contribution in [1.82, 2.24) is 10.6 Å². The number of carbonyl (C=O) groups excluding carboxylic acids is 2. The summed E-state index contributed by atoms with van der Waals surface area (Å²) < 4.78 is 33.1. The summed E-state index contributed by atoms with van der Waals surface area (Å²) in [6.45, 7) is 8.83. The lowest BCUT2D eigenvalue weighted by Crippen LogP contribution is -2.45. The fourth-order valence-electron chi connectivity index (χ4n) is 6.27. The van der Waals surface area contributed by atoms with E-state index in [0.717, 1.165) is 37.9 Å². The average Bonchev–Trinajstić information content (AvgIpc) is 3.22. The zero-order chi connectivity index (χ0) is 36.2. The maximum absolute atomic E-state index is 14.3. The van der Waals surface area contributed by atoms with Crippen LogP contribution in [0.4, 0.5) is 10.1 Å². The van der Waals surface area contributed by atoms with E-state index < -0.39 is 23.9 Å². The normalized spacial score (nSPS) is 15.6. The third kappa shape index (κ3) is 11.0. The van der Waals surface area contributed by atoms with Crippen molar-refractivity contribution in [2.45, 2.75) is 65.2 Å². The van der Waals surface area contributed by atoms with Crippen molar-refractivity contribution in [2.24, 2.45) is 5.41 Å². The van der Waals surface area contributed by atoms with Gasteiger partial charge in [-0.2, -0.15) is 0 Å². The minimum absolute atomic E-state index is 0. The van der Waals surface area contributed by atoms with Gasteiger partial charge < -0.3 is 29.7 Å². The third-order valence-corrected chi connectivity index (χ3v) is 8.70. The van der Waals surface area contributed by atoms with E-state index in [0.29, 0.717) is 41.5 Å². The zero-order valence-corrected chi connectivity index (χ0v) is 31.3. The van der Waals surface area contributed by atoms with Gasteiger partial charge in [0.25, 0.3) is 5.91 Å². The molecule has 2 amide bonds. The van der Waals surface area contributed by atoms with Crippen LogP contribution in [0, 0.1) is 11.2 Å². The van der Waals surface area contributed by atoms with E-state index in [2.05, 4.69) is 55.7 Å². The molecule has 1 aliphatic rings. The number of nitrogens with zero attached hydrogens (tertiary/aromatic N) is 1. The first-order valence-electron chi connectivity index (χ1n) is 17.7. The number of nitrogens with one attached hydrogen (secondary N) is 2. The third-order valence-electron chi connectivity index (χ3n) is 8.70. The molecule has 0 spiro atoms. The number of methoxy groups -OCH3 is 1. The molecule has 0 aliphatic carbocycles. The van der Waals surface area contributed by atoms with Crippen LogP contribution in [-0.2, 0) is 27.3 Å². The van der Waals surface area contributed by atoms with E-state index in [1.54, 1.807) is 30.2 Å². The lowest BCUT2D eigenvalue weighted by atomic mass is 9.94. The monoisotopic (exact) mass is 731 g/mol. The highest BCUT2D eigenvalue weighted by atomic mass is 35.5. The molecule has 1 aliphatic heterocycles. The van der Waals surface area contributed by atoms with Gasteiger partial charge in [-0.25, -0.2) is 4.39 Å². The van der Waals surface area contributed by atoms with Crippen molar-refractivity contribution in [3.05, 3.63) is 125 Å². The molecule has 0 unspecified atom stereocenters. The van der Waals surface area contributed by atoms with Gasteiger partial charge >= 0.3 is 0 Å². The molecule has 1 heterocycles. The number of aryl methyl sites for hydroxylation is 1. The van der Waals surface area contributed by atoms with Crippen LogP contribution in [0.15, 0.2) is 97.1 Å². The second-order valence-corrected chi connectivity index (χ2v) is 14.0. The van der Waals surface area contributed by atoms with Crippen molar-refractivity contribution < 1.29 is 28.2 Å². The first-order chi connectivity index (χ1) is 24.6. The molecule has 0 saturated heterocycles. The summed E-state index contributed by atoms with van der Waals surface area (Å²) in [5, 5.41) is 6.27. The molecule has 4 aromatic carbocycles. The number of para-hydroxylation sites is 2. The fourth-order valence-corrected chi connectivity index (χ4v) is 6.27. The molecular weight excluding hydrogens is 681 g/mol. The number of amides is 2. The first kappa shape index (κ1) is 40.3. The van der Waals surface area contributed by atoms with E-state index in [4.69, 9.17) is 14.2 Å². The minimum Gasteiger partial charge on any atom is -0.492 e. The highest BCUT2D eigenvalue weighted by Gasteiger charge is 2.40. The summed E-state index contributed by atoms with van der Waals surface area (Å²) in [7, 11) is 1.59. The molecule has 4 aromatic rings. The smallest absolute Gasteiger partial charge is 0.256 e. The maximum Gasteiger partial charge on any atom is 0.256 e. The lowest BCUT2D eigenvalue weighted by molar-refractivity contribution is -0.138. The van der Waals surface area contributed by atoms with Gasteiger partial charge in [0.2, 0.25) is 5.91 Å². The Kier molecular flexibility index (Phi) is 15.1. The number of hydrogen-bond acceptors (Lipinski definition) is 6. The number of halogens is 2. The summed E-state index contributed by atoms with van der Waals surface area (Å²) in [4.78, 5) is 29.3. The number of anilines is 1. The van der Waals surface area contributed by atoms with Crippen LogP contribution in [0.1, 0.15) is 68.4 Å². The van der Waals surface area contributed by atoms with Crippen molar-refractivity contribution >= 4 is 29.9 Å². The highest BCUT2D eigenvalue weighted by Crippen LogP contribution is 2.45. The van der Waals surface area contributed by atoms with Crippen LogP contribution in [0.25, 0.3) is 0 Å². The minimum atomic E-state index is -1.12. The molecular formula is C42H51ClFN3O5. The maximum atomic E-state index is 14.3. The lowest BCUT2D eigenvalue weighted by Gasteiger charge is -2.31. The van der Waals surface area contributed by atoms with Gasteiger partial charge in [-0.1, -0.05) is 99.6 Å². The Labute approximate surface area is 313 Å². The standard InChI is InChI=1S/C42H50FN3O5.ClH/c1-42(2,3)29-46-35-22-11-9-19-32(35)39(51-37(41(46)48)27-38(47)45-28-31-18-8-10-21-34(31)43)33-20-12-23-36(40(33)49-4)50-26-14-25-44-24-13-17-30-15-6-5-7-16-30;/h5-12,15-16,18-23,37,39,44H,13-14,17,24-29H2,1-4H3,(H,45,47);1H/t37-,39+;/m1./s1. The topological polar surface area (TPSA) is 89.1 Å². The number of ether oxygens (including phenoxy) is 3. The van der Waals surface area contributed by atoms with Crippen molar-refractivity contribution in [3.63, 3.8) is 0 Å². The van der Waals surface area contributed by atoms with E-state index in [1.165, 1.54) is 11.6 Å². The molecule has 278 valence electrons. The number of rotatable bonds is 16. The fraction of sp³-hybridized carbons (Fsp3) is 0.381. The Bertz CT molecular complexity index is 1750. The van der Waals surface area contributed by atoms with Crippen LogP contribution in [-0.4, -0.2) is 51.3 Å². The van der Waals surface area contributed by atoms with Gasteiger partial charge in [-0.15, -0.1) is 12.4 Å². The Hall–Kier alpha value is -4.44. The molecule has 0 aromatic heterocycles.